The third kappa shape index (κ3) is 3.79. The van der Waals surface area contributed by atoms with E-state index in [0.29, 0.717) is 23.2 Å². The summed E-state index contributed by atoms with van der Waals surface area (Å²) < 4.78 is 5.24. The van der Waals surface area contributed by atoms with E-state index in [-0.39, 0.29) is 5.91 Å². The number of anilines is 1. The van der Waals surface area contributed by atoms with E-state index in [2.05, 4.69) is 5.32 Å². The number of carbonyl (C=O) groups excluding carboxylic acids is 1. The van der Waals surface area contributed by atoms with Crippen LogP contribution in [0.15, 0.2) is 42.5 Å². The molecule has 7 heteroatoms. The normalized spacial score (nSPS) is 17.2. The molecule has 1 saturated heterocycles. The van der Waals surface area contributed by atoms with Crippen LogP contribution < -0.4 is 10.1 Å². The predicted molar refractivity (Wildman–Crippen MR) is 119 cm³/mol. The van der Waals surface area contributed by atoms with Crippen molar-refractivity contribution < 1.29 is 9.53 Å². The molecule has 0 radical (unpaired) electrons. The maximum Gasteiger partial charge on any atom is 0.251 e. The largest absolute Gasteiger partial charge is 0.497 e. The third-order valence-electron chi connectivity index (χ3n) is 5.67. The minimum atomic E-state index is -0.452. The average molecular weight is 430 g/mol. The Kier molecular flexibility index (Phi) is 5.40. The van der Waals surface area contributed by atoms with Crippen LogP contribution in [-0.2, 0) is 10.2 Å². The van der Waals surface area contributed by atoms with Gasteiger partial charge in [0.05, 0.1) is 23.2 Å². The Morgan fingerprint density at radius 3 is 2.45 bits per heavy atom. The van der Waals surface area contributed by atoms with Crippen LogP contribution in [0.25, 0.3) is 0 Å². The van der Waals surface area contributed by atoms with Crippen LogP contribution in [-0.4, -0.2) is 41.2 Å². The summed E-state index contributed by atoms with van der Waals surface area (Å²) in [5.74, 6) is 0.902. The molecule has 0 unspecified atom stereocenters. The summed E-state index contributed by atoms with van der Waals surface area (Å²) in [6.45, 7) is 3.36. The fourth-order valence-electron chi connectivity index (χ4n) is 3.84. The summed E-state index contributed by atoms with van der Waals surface area (Å²) in [6, 6.07) is 13.6. The zero-order valence-electron chi connectivity index (χ0n) is 16.6. The molecule has 4 rings (SSSR count). The second kappa shape index (κ2) is 7.84. The molecule has 152 valence electrons. The topological polar surface area (TPSA) is 44.8 Å². The molecule has 29 heavy (non-hydrogen) atoms. The Labute approximate surface area is 181 Å². The highest BCUT2D eigenvalue weighted by atomic mass is 35.5. The number of methoxy groups -OCH3 is 1. The molecule has 1 saturated carbocycles. The van der Waals surface area contributed by atoms with Crippen molar-refractivity contribution >= 4 is 40.5 Å². The molecule has 0 aromatic heterocycles. The summed E-state index contributed by atoms with van der Waals surface area (Å²) in [7, 11) is 1.64. The van der Waals surface area contributed by atoms with E-state index in [1.165, 1.54) is 0 Å². The number of nitrogens with zero attached hydrogens (tertiary/aromatic N) is 2. The Morgan fingerprint density at radius 2 is 1.83 bits per heavy atom. The van der Waals surface area contributed by atoms with E-state index < -0.39 is 5.41 Å². The van der Waals surface area contributed by atoms with Crippen LogP contribution >= 0.6 is 23.8 Å². The van der Waals surface area contributed by atoms with Crippen molar-refractivity contribution in [1.82, 2.24) is 10.0 Å². The lowest BCUT2D eigenvalue weighted by atomic mass is 9.94. The lowest BCUT2D eigenvalue weighted by Gasteiger charge is -2.33. The van der Waals surface area contributed by atoms with Gasteiger partial charge in [0, 0.05) is 13.1 Å². The number of amides is 1. The monoisotopic (exact) mass is 429 g/mol. The number of carbonyl (C=O) groups is 1. The van der Waals surface area contributed by atoms with Crippen LogP contribution in [0.4, 0.5) is 5.69 Å². The molecular weight excluding hydrogens is 406 g/mol. The van der Waals surface area contributed by atoms with Crippen LogP contribution in [0.5, 0.6) is 5.75 Å². The van der Waals surface area contributed by atoms with Gasteiger partial charge in [-0.2, -0.15) is 0 Å². The average Bonchev–Trinajstić information content (AvgIpc) is 3.38. The van der Waals surface area contributed by atoms with Gasteiger partial charge in [0.1, 0.15) is 5.75 Å². The molecule has 2 aromatic rings. The lowest BCUT2D eigenvalue weighted by Crippen LogP contribution is -2.50. The first kappa shape index (κ1) is 20.0. The molecule has 2 aliphatic rings. The number of hydrogen-bond acceptors (Lipinski definition) is 3. The van der Waals surface area contributed by atoms with Crippen LogP contribution in [0.2, 0.25) is 5.02 Å². The van der Waals surface area contributed by atoms with Crippen molar-refractivity contribution in [1.29, 1.82) is 0 Å². The van der Waals surface area contributed by atoms with Crippen molar-refractivity contribution in [2.75, 3.05) is 25.5 Å². The number of benzene rings is 2. The molecular formula is C22H24ClN3O2S. The first-order valence-corrected chi connectivity index (χ1v) is 10.5. The standard InChI is InChI=1S/C22H24ClN3O2S/c1-15-4-9-19(18(23)14-15)24-21(29)26-13-3-12-25(26)20(27)22(10-11-22)16-5-7-17(28-2)8-6-16/h4-9,14H,3,10-13H2,1-2H3,(H,24,29). The Bertz CT molecular complexity index is 944. The van der Waals surface area contributed by atoms with Gasteiger partial charge in [-0.3, -0.25) is 14.8 Å². The zero-order valence-corrected chi connectivity index (χ0v) is 18.1. The second-order valence-corrected chi connectivity index (χ2v) is 8.42. The van der Waals surface area contributed by atoms with Gasteiger partial charge in [0.15, 0.2) is 5.11 Å². The van der Waals surface area contributed by atoms with E-state index in [9.17, 15) is 4.79 Å². The molecule has 1 amide bonds. The van der Waals surface area contributed by atoms with Crippen molar-refractivity contribution in [3.8, 4) is 5.75 Å². The predicted octanol–water partition coefficient (Wildman–Crippen LogP) is 4.53. The molecule has 1 aliphatic carbocycles. The van der Waals surface area contributed by atoms with Crippen molar-refractivity contribution in [2.45, 2.75) is 31.6 Å². The van der Waals surface area contributed by atoms with E-state index in [1.807, 2.05) is 54.4 Å². The van der Waals surface area contributed by atoms with Gasteiger partial charge in [-0.15, -0.1) is 0 Å². The minimum Gasteiger partial charge on any atom is -0.497 e. The number of nitrogens with one attached hydrogen (secondary N) is 1. The van der Waals surface area contributed by atoms with Gasteiger partial charge in [-0.1, -0.05) is 29.8 Å². The summed E-state index contributed by atoms with van der Waals surface area (Å²) in [6.07, 6.45) is 2.59. The fourth-order valence-corrected chi connectivity index (χ4v) is 4.43. The van der Waals surface area contributed by atoms with E-state index in [4.69, 9.17) is 28.6 Å². The first-order chi connectivity index (χ1) is 13.9. The van der Waals surface area contributed by atoms with Crippen molar-refractivity contribution in [2.24, 2.45) is 0 Å². The lowest BCUT2D eigenvalue weighted by molar-refractivity contribution is -0.141. The molecule has 1 N–H and O–H groups in total. The number of ether oxygens (including phenoxy) is 1. The number of halogens is 1. The van der Waals surface area contributed by atoms with Crippen LogP contribution in [0.1, 0.15) is 30.4 Å². The quantitative estimate of drug-likeness (QED) is 0.723. The Balaban J connectivity index is 1.51. The molecule has 1 heterocycles. The van der Waals surface area contributed by atoms with Gasteiger partial charge in [0.2, 0.25) is 0 Å². The number of hydrazine groups is 1. The summed E-state index contributed by atoms with van der Waals surface area (Å²) in [5.41, 5.74) is 2.42. The highest BCUT2D eigenvalue weighted by Crippen LogP contribution is 2.50. The second-order valence-electron chi connectivity index (χ2n) is 7.63. The van der Waals surface area contributed by atoms with Gasteiger partial charge in [0.25, 0.3) is 5.91 Å². The summed E-state index contributed by atoms with van der Waals surface area (Å²) in [4.78, 5) is 13.5. The summed E-state index contributed by atoms with van der Waals surface area (Å²) in [5, 5.41) is 7.98. The minimum absolute atomic E-state index is 0.110. The van der Waals surface area contributed by atoms with Crippen molar-refractivity contribution in [3.05, 3.63) is 58.6 Å². The maximum absolute atomic E-state index is 13.5. The molecule has 1 aliphatic heterocycles. The Hall–Kier alpha value is -2.31. The van der Waals surface area contributed by atoms with E-state index in [0.717, 1.165) is 41.8 Å². The number of thiocarbonyl (C=S) groups is 1. The Morgan fingerprint density at radius 1 is 1.14 bits per heavy atom. The molecule has 0 bridgehead atoms. The maximum atomic E-state index is 13.5. The fraction of sp³-hybridized carbons (Fsp3) is 0.364. The van der Waals surface area contributed by atoms with Gasteiger partial charge >= 0.3 is 0 Å². The van der Waals surface area contributed by atoms with Crippen LogP contribution in [0.3, 0.4) is 0 Å². The molecule has 2 aromatic carbocycles. The number of aryl methyl sites for hydroxylation is 1. The molecule has 2 fully saturated rings. The van der Waals surface area contributed by atoms with Gasteiger partial charge < -0.3 is 10.1 Å². The number of rotatable bonds is 4. The smallest absolute Gasteiger partial charge is 0.251 e. The van der Waals surface area contributed by atoms with E-state index >= 15 is 0 Å². The third-order valence-corrected chi connectivity index (χ3v) is 6.29. The highest BCUT2D eigenvalue weighted by molar-refractivity contribution is 7.80. The zero-order chi connectivity index (χ0) is 20.6. The van der Waals surface area contributed by atoms with Crippen molar-refractivity contribution in [3.63, 3.8) is 0 Å². The highest BCUT2D eigenvalue weighted by Gasteiger charge is 2.54. The molecule has 5 nitrogen and oxygen atoms in total. The summed E-state index contributed by atoms with van der Waals surface area (Å²) >= 11 is 12.0. The molecule has 0 spiro atoms. The SMILES string of the molecule is COc1ccc(C2(C(=O)N3CCCN3C(=S)Nc3ccc(C)cc3Cl)CC2)cc1. The number of hydrogen-bond donors (Lipinski definition) is 1. The van der Waals surface area contributed by atoms with Gasteiger partial charge in [-0.25, -0.2) is 0 Å². The molecule has 0 atom stereocenters. The van der Waals surface area contributed by atoms with Crippen LogP contribution in [0, 0.1) is 6.92 Å². The van der Waals surface area contributed by atoms with E-state index in [1.54, 1.807) is 12.1 Å². The van der Waals surface area contributed by atoms with Gasteiger partial charge in [-0.05, 0) is 73.8 Å². The first-order valence-electron chi connectivity index (χ1n) is 9.76.